The number of aryl methyl sites for hydroxylation is 1. The topological polar surface area (TPSA) is 148 Å². The van der Waals surface area contributed by atoms with Crippen molar-refractivity contribution in [3.8, 4) is 0 Å². The molecule has 1 unspecified atom stereocenters. The summed E-state index contributed by atoms with van der Waals surface area (Å²) < 4.78 is 16.7. The maximum absolute atomic E-state index is 13.5. The molecule has 11 nitrogen and oxygen atoms in total. The molecular formula is C36H51N3O8S3. The standard InChI is InChI=1S/C36H51N3O8S3/c1-22-10-9-11-27-28(39(27)14-15-45-35(44)46-16-17-49-50-31-12-7-8-13-37-31)19-29(23(2)18-26-21-48-25(4)38-26)47-32(41)20-30(40)36(5,6)34(43)24(3)33(22)42/h7-8,12-13,18,21-22,24,27-30,33,40,42H,9-11,14-17,19-20H2,1-6H3/b23-18+/t22-,24+,27+,28-,29-,30-,33-,39?/m0/s1. The first-order valence-corrected chi connectivity index (χ1v) is 20.4. The van der Waals surface area contributed by atoms with E-state index < -0.39 is 41.8 Å². The highest BCUT2D eigenvalue weighted by molar-refractivity contribution is 8.76. The van der Waals surface area contributed by atoms with Crippen LogP contribution in [0.1, 0.15) is 77.4 Å². The largest absolute Gasteiger partial charge is 0.508 e. The number of hydrogen-bond donors (Lipinski definition) is 2. The van der Waals surface area contributed by atoms with Gasteiger partial charge in [0.1, 0.15) is 30.1 Å². The van der Waals surface area contributed by atoms with Crippen LogP contribution in [0.4, 0.5) is 4.79 Å². The van der Waals surface area contributed by atoms with Gasteiger partial charge in [0.15, 0.2) is 0 Å². The number of esters is 1. The van der Waals surface area contributed by atoms with E-state index in [1.165, 1.54) is 22.1 Å². The van der Waals surface area contributed by atoms with E-state index in [1.807, 2.05) is 50.4 Å². The minimum Gasteiger partial charge on any atom is -0.458 e. The molecule has 0 spiro atoms. The van der Waals surface area contributed by atoms with Crippen LogP contribution in [-0.4, -0.2) is 98.9 Å². The fourth-order valence-electron chi connectivity index (χ4n) is 6.47. The van der Waals surface area contributed by atoms with Gasteiger partial charge in [0.25, 0.3) is 0 Å². The predicted molar refractivity (Wildman–Crippen MR) is 197 cm³/mol. The molecule has 8 atom stereocenters. The van der Waals surface area contributed by atoms with Gasteiger partial charge in [-0.15, -0.1) is 11.3 Å². The van der Waals surface area contributed by atoms with Crippen molar-refractivity contribution in [3.63, 3.8) is 0 Å². The van der Waals surface area contributed by atoms with Gasteiger partial charge in [-0.2, -0.15) is 0 Å². The molecule has 2 saturated heterocycles. The molecule has 4 rings (SSSR count). The molecule has 0 bridgehead atoms. The third-order valence-electron chi connectivity index (χ3n) is 9.69. The molecule has 4 heterocycles. The van der Waals surface area contributed by atoms with Gasteiger partial charge in [-0.3, -0.25) is 14.5 Å². The second kappa shape index (κ2) is 18.8. The molecule has 2 N–H and O–H groups in total. The van der Waals surface area contributed by atoms with Crippen LogP contribution >= 0.6 is 32.9 Å². The number of aliphatic hydroxyl groups excluding tert-OH is 2. The summed E-state index contributed by atoms with van der Waals surface area (Å²) >= 11 is 1.54. The lowest BCUT2D eigenvalue weighted by atomic mass is 9.73. The van der Waals surface area contributed by atoms with Crippen LogP contribution < -0.4 is 0 Å². The molecule has 0 saturated carbocycles. The monoisotopic (exact) mass is 749 g/mol. The van der Waals surface area contributed by atoms with Crippen LogP contribution in [0.25, 0.3) is 6.08 Å². The van der Waals surface area contributed by atoms with Crippen molar-refractivity contribution in [1.82, 2.24) is 14.9 Å². The fourth-order valence-corrected chi connectivity index (χ4v) is 8.74. The van der Waals surface area contributed by atoms with E-state index in [0.29, 0.717) is 18.7 Å². The lowest BCUT2D eigenvalue weighted by molar-refractivity contribution is -0.154. The second-order valence-corrected chi connectivity index (χ2v) is 17.3. The average molecular weight is 750 g/mol. The quantitative estimate of drug-likeness (QED) is 0.120. The van der Waals surface area contributed by atoms with Crippen LogP contribution in [0.5, 0.6) is 0 Å². The number of thiazole rings is 1. The van der Waals surface area contributed by atoms with Crippen molar-refractivity contribution in [2.75, 3.05) is 25.5 Å². The predicted octanol–water partition coefficient (Wildman–Crippen LogP) is 6.36. The van der Waals surface area contributed by atoms with E-state index in [-0.39, 0.29) is 43.4 Å². The molecule has 0 amide bonds. The number of nitrogens with zero attached hydrogens (tertiary/aromatic N) is 3. The minimum atomic E-state index is -1.29. The van der Waals surface area contributed by atoms with E-state index >= 15 is 0 Å². The second-order valence-electron chi connectivity index (χ2n) is 13.8. The summed E-state index contributed by atoms with van der Waals surface area (Å²) in [5, 5.41) is 25.9. The van der Waals surface area contributed by atoms with Crippen LogP contribution in [-0.2, 0) is 23.8 Å². The van der Waals surface area contributed by atoms with Gasteiger partial charge in [0.05, 0.1) is 34.7 Å². The van der Waals surface area contributed by atoms with E-state index in [0.717, 1.165) is 40.6 Å². The summed E-state index contributed by atoms with van der Waals surface area (Å²) in [6, 6.07) is 5.92. The molecule has 0 aliphatic carbocycles. The summed E-state index contributed by atoms with van der Waals surface area (Å²) in [7, 11) is 3.06. The Balaban J connectivity index is 1.41. The SMILES string of the molecule is C/C(=C\c1csc(C)n1)[C@@H]1C[C@H]2[C@@H](CCC[C@H](C)[C@H](O)[C@@H](C)C(=O)C(C)(C)[C@@H](O)CC(=O)O1)N2CCOC(=O)OCCSSc1ccccn1. The molecule has 2 aromatic heterocycles. The number of carbonyl (C=O) groups is 3. The Bertz CT molecular complexity index is 1450. The van der Waals surface area contributed by atoms with Crippen molar-refractivity contribution in [2.45, 2.75) is 109 Å². The summed E-state index contributed by atoms with van der Waals surface area (Å²) in [5.74, 6) is -1.15. The Morgan fingerprint density at radius 1 is 1.16 bits per heavy atom. The van der Waals surface area contributed by atoms with Gasteiger partial charge >= 0.3 is 12.1 Å². The summed E-state index contributed by atoms with van der Waals surface area (Å²) in [4.78, 5) is 50.1. The first-order chi connectivity index (χ1) is 23.8. The molecule has 2 fully saturated rings. The van der Waals surface area contributed by atoms with Gasteiger partial charge < -0.3 is 24.4 Å². The van der Waals surface area contributed by atoms with Crippen LogP contribution in [0, 0.1) is 24.2 Å². The number of aliphatic hydroxyl groups is 2. The molecule has 14 heteroatoms. The highest BCUT2D eigenvalue weighted by Gasteiger charge is 2.49. The molecule has 0 aromatic carbocycles. The lowest BCUT2D eigenvalue weighted by Crippen LogP contribution is -2.45. The Morgan fingerprint density at radius 2 is 1.92 bits per heavy atom. The summed E-state index contributed by atoms with van der Waals surface area (Å²) in [6.07, 6.45) is 2.70. The van der Waals surface area contributed by atoms with Crippen molar-refractivity contribution in [1.29, 1.82) is 0 Å². The highest BCUT2D eigenvalue weighted by Crippen LogP contribution is 2.39. The van der Waals surface area contributed by atoms with Gasteiger partial charge in [0.2, 0.25) is 0 Å². The third kappa shape index (κ3) is 11.5. The molecule has 50 heavy (non-hydrogen) atoms. The number of fused-ring (bicyclic) bond motifs is 1. The number of ketones is 1. The van der Waals surface area contributed by atoms with Crippen LogP contribution in [0.3, 0.4) is 0 Å². The Hall–Kier alpha value is -2.49. The summed E-state index contributed by atoms with van der Waals surface area (Å²) in [6.45, 7) is 11.6. The maximum Gasteiger partial charge on any atom is 0.508 e. The number of pyridine rings is 1. The zero-order valence-corrected chi connectivity index (χ0v) is 32.2. The van der Waals surface area contributed by atoms with Crippen LogP contribution in [0.15, 0.2) is 40.4 Å². The van der Waals surface area contributed by atoms with Crippen molar-refractivity contribution >= 4 is 56.9 Å². The van der Waals surface area contributed by atoms with E-state index in [1.54, 1.807) is 37.8 Å². The number of carbonyl (C=O) groups excluding carboxylic acids is 3. The Labute approximate surface area is 307 Å². The molecular weight excluding hydrogens is 699 g/mol. The van der Waals surface area contributed by atoms with Gasteiger partial charge in [0, 0.05) is 48.3 Å². The molecule has 2 aromatic rings. The maximum atomic E-state index is 13.5. The number of cyclic esters (lactones) is 1. The number of ether oxygens (including phenoxy) is 3. The normalized spacial score (nSPS) is 29.5. The zero-order chi connectivity index (χ0) is 36.4. The van der Waals surface area contributed by atoms with Crippen molar-refractivity contribution < 1.29 is 38.8 Å². The summed E-state index contributed by atoms with van der Waals surface area (Å²) in [5.41, 5.74) is 0.349. The van der Waals surface area contributed by atoms with Crippen molar-refractivity contribution in [2.24, 2.45) is 17.3 Å². The number of hydrogen-bond acceptors (Lipinski definition) is 14. The Kier molecular flexibility index (Phi) is 15.2. The first-order valence-electron chi connectivity index (χ1n) is 17.2. The number of rotatable bonds is 10. The zero-order valence-electron chi connectivity index (χ0n) is 29.8. The smallest absolute Gasteiger partial charge is 0.458 e. The highest BCUT2D eigenvalue weighted by atomic mass is 33.1. The lowest BCUT2D eigenvalue weighted by Gasteiger charge is -2.34. The van der Waals surface area contributed by atoms with E-state index in [4.69, 9.17) is 14.2 Å². The number of Topliss-reactive ketones (excluding diaryl/α,β-unsaturated/α-hetero) is 1. The molecule has 2 aliphatic heterocycles. The Morgan fingerprint density at radius 3 is 2.62 bits per heavy atom. The fraction of sp³-hybridized carbons (Fsp3) is 0.639. The third-order valence-corrected chi connectivity index (χ3v) is 12.7. The van der Waals surface area contributed by atoms with Gasteiger partial charge in [-0.25, -0.2) is 14.8 Å². The molecule has 276 valence electrons. The first kappa shape index (κ1) is 40.3. The van der Waals surface area contributed by atoms with E-state index in [9.17, 15) is 24.6 Å². The molecule has 0 radical (unpaired) electrons. The van der Waals surface area contributed by atoms with E-state index in [2.05, 4.69) is 14.9 Å². The average Bonchev–Trinajstić information content (AvgIpc) is 3.55. The minimum absolute atomic E-state index is 0.0583. The van der Waals surface area contributed by atoms with Crippen LogP contribution in [0.2, 0.25) is 0 Å². The molecule has 2 aliphatic rings. The van der Waals surface area contributed by atoms with Crippen molar-refractivity contribution in [3.05, 3.63) is 46.1 Å². The number of aromatic nitrogens is 2. The van der Waals surface area contributed by atoms with Gasteiger partial charge in [-0.05, 0) is 67.2 Å². The van der Waals surface area contributed by atoms with Gasteiger partial charge in [-0.1, -0.05) is 51.0 Å².